The molecule has 0 fully saturated rings. The van der Waals surface area contributed by atoms with Crippen LogP contribution in [0.3, 0.4) is 0 Å². The van der Waals surface area contributed by atoms with E-state index in [1.54, 1.807) is 23.3 Å². The summed E-state index contributed by atoms with van der Waals surface area (Å²) < 4.78 is 0. The van der Waals surface area contributed by atoms with Crippen LogP contribution in [0.1, 0.15) is 33.6 Å². The van der Waals surface area contributed by atoms with Gasteiger partial charge in [-0.15, -0.1) is 36.8 Å². The number of rotatable bonds is 1. The van der Waals surface area contributed by atoms with Gasteiger partial charge in [-0.2, -0.15) is 12.5 Å². The molecule has 0 aromatic heterocycles. The fraction of sp³-hybridized carbons (Fsp3) is 0.538. The van der Waals surface area contributed by atoms with Crippen molar-refractivity contribution in [2.24, 2.45) is 0 Å². The zero-order valence-corrected chi connectivity index (χ0v) is 18.0. The Bertz CT molecular complexity index is 168. The fourth-order valence-electron chi connectivity index (χ4n) is 0.340. The Hall–Kier alpha value is 1.08. The monoisotopic (exact) mass is 403 g/mol. The molecule has 1 aliphatic carbocycles. The van der Waals surface area contributed by atoms with E-state index in [0.717, 1.165) is 6.42 Å². The van der Waals surface area contributed by atoms with Crippen LogP contribution in [0.25, 0.3) is 5.73 Å². The number of aliphatic hydroxyl groups is 1. The summed E-state index contributed by atoms with van der Waals surface area (Å²) in [5.74, 6) is 0. The molecule has 0 atom stereocenters. The molecule has 0 amide bonds. The van der Waals surface area contributed by atoms with E-state index in [4.69, 9.17) is 10.8 Å². The molecule has 0 radical (unpaired) electrons. The van der Waals surface area contributed by atoms with Gasteiger partial charge in [0.05, 0.1) is 0 Å². The van der Waals surface area contributed by atoms with Crippen LogP contribution in [-0.2, 0) is 23.3 Å². The van der Waals surface area contributed by atoms with Crippen molar-refractivity contribution in [3.63, 3.8) is 0 Å². The average Bonchev–Trinajstić information content (AvgIpc) is 2.76. The third kappa shape index (κ3) is 111. The van der Waals surface area contributed by atoms with Crippen molar-refractivity contribution < 1.29 is 28.4 Å². The van der Waals surface area contributed by atoms with E-state index in [-0.39, 0.29) is 44.4 Å². The van der Waals surface area contributed by atoms with Crippen LogP contribution >= 0.6 is 24.8 Å². The van der Waals surface area contributed by atoms with Gasteiger partial charge in [-0.1, -0.05) is 20.8 Å². The Kier molecular flexibility index (Phi) is 61.1. The summed E-state index contributed by atoms with van der Waals surface area (Å²) in [5.41, 5.74) is 6.69. The minimum absolute atomic E-state index is 0. The average molecular weight is 406 g/mol. The van der Waals surface area contributed by atoms with Crippen molar-refractivity contribution in [2.75, 3.05) is 6.61 Å². The van der Waals surface area contributed by atoms with Gasteiger partial charge < -0.3 is 25.2 Å². The first-order chi connectivity index (χ1) is 7.41. The molecule has 6 heteroatoms. The van der Waals surface area contributed by atoms with Crippen LogP contribution in [-0.4, -0.2) is 24.1 Å². The van der Waals surface area contributed by atoms with Crippen molar-refractivity contribution in [1.82, 2.24) is 0 Å². The van der Waals surface area contributed by atoms with Crippen LogP contribution in [0, 0.1) is 20.4 Å². The second-order valence-corrected chi connectivity index (χ2v) is 3.83. The van der Waals surface area contributed by atoms with Crippen LogP contribution in [0.5, 0.6) is 0 Å². The van der Waals surface area contributed by atoms with Gasteiger partial charge in [-0.3, -0.25) is 6.08 Å². The van der Waals surface area contributed by atoms with E-state index in [0.29, 0.717) is 6.42 Å². The van der Waals surface area contributed by atoms with E-state index in [1.807, 2.05) is 39.8 Å². The molecular formula is C13H29Cl2NOSiZr-4. The predicted octanol–water partition coefficient (Wildman–Crippen LogP) is 3.72. The van der Waals surface area contributed by atoms with Gasteiger partial charge in [0, 0.05) is 6.61 Å². The quantitative estimate of drug-likeness (QED) is 0.524. The molecule has 0 saturated carbocycles. The number of halogens is 2. The first-order valence-corrected chi connectivity index (χ1v) is 11.1. The molecule has 118 valence electrons. The van der Waals surface area contributed by atoms with Gasteiger partial charge in [0.2, 0.25) is 0 Å². The number of aliphatic hydroxyl groups excluding tert-OH is 1. The van der Waals surface area contributed by atoms with E-state index in [1.165, 1.54) is 0 Å². The Labute approximate surface area is 149 Å². The molecule has 1 rings (SSSR count). The van der Waals surface area contributed by atoms with Crippen molar-refractivity contribution >= 4 is 31.7 Å². The zero-order chi connectivity index (χ0) is 13.4. The molecule has 0 saturated heterocycles. The molecule has 0 aliphatic heterocycles. The maximum absolute atomic E-state index is 7.81. The molecular weight excluding hydrogens is 376 g/mol. The SMILES string of the molecule is CC(C)(C)[NH-].Cl.Cl.[C-]1=CC=CC1.[CH2-]CCO.[CH3-].[SiH2]=[Zr]. The molecule has 0 bridgehead atoms. The number of hydrogen-bond donors (Lipinski definition) is 1. The Morgan fingerprint density at radius 3 is 1.74 bits per heavy atom. The van der Waals surface area contributed by atoms with Gasteiger partial charge >= 0.3 is 30.2 Å². The second-order valence-electron chi connectivity index (χ2n) is 3.83. The molecule has 0 heterocycles. The molecule has 2 nitrogen and oxygen atoms in total. The first-order valence-electron chi connectivity index (χ1n) is 5.14. The Balaban J connectivity index is -0.0000000293. The molecule has 1 aliphatic rings. The minimum atomic E-state index is -0.250. The van der Waals surface area contributed by atoms with Gasteiger partial charge in [-0.05, 0) is 0 Å². The molecule has 0 unspecified atom stereocenters. The first kappa shape index (κ1) is 36.9. The Morgan fingerprint density at radius 2 is 1.68 bits per heavy atom. The standard InChI is InChI=1S/C5H5.C4H10N.C3H7O.CH3.2ClH.H2Si.Zr/c1-2-4-5-3-1;1-4(2,3)5;1-2-3-4;;;;;/h1-3H,4H2;5H,1-3H3;4H,1-3H2;1H3;2*1H;1H2;/q4*-1;;;;. The predicted molar refractivity (Wildman–Crippen MR) is 92.2 cm³/mol. The van der Waals surface area contributed by atoms with Gasteiger partial charge in [0.25, 0.3) is 0 Å². The summed E-state index contributed by atoms with van der Waals surface area (Å²) >= 11 is 1.58. The fourth-order valence-corrected chi connectivity index (χ4v) is 0.340. The summed E-state index contributed by atoms with van der Waals surface area (Å²) in [6.45, 7) is 11.1. The topological polar surface area (TPSA) is 44.0 Å². The maximum atomic E-state index is 7.81. The summed E-state index contributed by atoms with van der Waals surface area (Å²) in [4.78, 5) is 0. The normalized spacial score (nSPS) is 9.53. The number of hydrogen-bond acceptors (Lipinski definition) is 1. The van der Waals surface area contributed by atoms with E-state index in [2.05, 4.69) is 19.1 Å². The second kappa shape index (κ2) is 31.5. The van der Waals surface area contributed by atoms with Gasteiger partial charge in [0.1, 0.15) is 0 Å². The van der Waals surface area contributed by atoms with Crippen LogP contribution in [0.2, 0.25) is 0 Å². The molecule has 0 aromatic rings. The van der Waals surface area contributed by atoms with Crippen LogP contribution < -0.4 is 0 Å². The van der Waals surface area contributed by atoms with Gasteiger partial charge in [-0.25, -0.2) is 12.2 Å². The Morgan fingerprint density at radius 1 is 1.37 bits per heavy atom. The summed E-state index contributed by atoms with van der Waals surface area (Å²) in [6.07, 6.45) is 10.6. The van der Waals surface area contributed by atoms with Crippen molar-refractivity contribution in [1.29, 1.82) is 0 Å². The summed E-state index contributed by atoms with van der Waals surface area (Å²) in [6, 6.07) is 0. The zero-order valence-electron chi connectivity index (χ0n) is 12.5. The van der Waals surface area contributed by atoms with Gasteiger partial charge in [0.15, 0.2) is 0 Å². The molecule has 0 spiro atoms. The van der Waals surface area contributed by atoms with Crippen molar-refractivity contribution in [3.05, 3.63) is 44.4 Å². The molecule has 19 heavy (non-hydrogen) atoms. The molecule has 0 aromatic carbocycles. The summed E-state index contributed by atoms with van der Waals surface area (Å²) in [7, 11) is 0. The summed E-state index contributed by atoms with van der Waals surface area (Å²) in [5, 5.41) is 7.81. The molecule has 2 N–H and O–H groups in total. The van der Waals surface area contributed by atoms with E-state index in [9.17, 15) is 0 Å². The van der Waals surface area contributed by atoms with Crippen molar-refractivity contribution in [3.8, 4) is 0 Å². The number of nitrogens with one attached hydrogen (secondary N) is 1. The number of allylic oxidation sites excluding steroid dienone is 4. The van der Waals surface area contributed by atoms with E-state index >= 15 is 0 Å². The van der Waals surface area contributed by atoms with E-state index < -0.39 is 0 Å². The van der Waals surface area contributed by atoms with Crippen LogP contribution in [0.4, 0.5) is 0 Å². The van der Waals surface area contributed by atoms with Crippen molar-refractivity contribution in [2.45, 2.75) is 39.2 Å². The van der Waals surface area contributed by atoms with Crippen LogP contribution in [0.15, 0.2) is 18.2 Å². The third-order valence-electron chi connectivity index (χ3n) is 0.744. The third-order valence-corrected chi connectivity index (χ3v) is 0.744.